The Morgan fingerprint density at radius 3 is 2.43 bits per heavy atom. The lowest BCUT2D eigenvalue weighted by atomic mass is 10.2. The van der Waals surface area contributed by atoms with E-state index in [4.69, 9.17) is 10.5 Å². The molecule has 1 aromatic carbocycles. The molecule has 0 spiro atoms. The quantitative estimate of drug-likeness (QED) is 0.392. The number of anilines is 5. The van der Waals surface area contributed by atoms with E-state index in [2.05, 4.69) is 30.2 Å². The summed E-state index contributed by atoms with van der Waals surface area (Å²) in [5.41, 5.74) is 8.81. The van der Waals surface area contributed by atoms with Gasteiger partial charge in [-0.3, -0.25) is 0 Å². The summed E-state index contributed by atoms with van der Waals surface area (Å²) in [5, 5.41) is 7.77. The van der Waals surface area contributed by atoms with Crippen molar-refractivity contribution in [2.75, 3.05) is 86.1 Å². The van der Waals surface area contributed by atoms with Crippen LogP contribution in [0.3, 0.4) is 0 Å². The van der Waals surface area contributed by atoms with E-state index in [1.165, 1.54) is 10.6 Å². The van der Waals surface area contributed by atoms with Crippen molar-refractivity contribution >= 4 is 45.2 Å². The van der Waals surface area contributed by atoms with Gasteiger partial charge in [-0.05, 0) is 43.2 Å². The van der Waals surface area contributed by atoms with E-state index in [1.807, 2.05) is 37.3 Å². The Bertz CT molecular complexity index is 1470. The fourth-order valence-electron chi connectivity index (χ4n) is 5.05. The molecule has 42 heavy (non-hydrogen) atoms. The van der Waals surface area contributed by atoms with Crippen molar-refractivity contribution in [1.82, 2.24) is 29.0 Å². The first-order chi connectivity index (χ1) is 20.2. The molecule has 2 saturated heterocycles. The number of nitrogens with one attached hydrogen (secondary N) is 1. The Morgan fingerprint density at radius 1 is 0.976 bits per heavy atom. The Balaban J connectivity index is 1.20. The first kappa shape index (κ1) is 29.4. The summed E-state index contributed by atoms with van der Waals surface area (Å²) >= 11 is 0. The van der Waals surface area contributed by atoms with Gasteiger partial charge in [0.25, 0.3) is 0 Å². The molecule has 0 saturated carbocycles. The minimum atomic E-state index is -3.23. The summed E-state index contributed by atoms with van der Waals surface area (Å²) in [6.45, 7) is 7.28. The molecule has 0 radical (unpaired) electrons. The average molecular weight is 599 g/mol. The minimum absolute atomic E-state index is 0.223. The third kappa shape index (κ3) is 7.02. The SMILES string of the molecule is CCCOC(=O)N1CCN(c2ccc(Nc3nc(N)n(-c4ccnc(N5CCCN(S(C)(=O)=O)CC5)c4)n3)cc2)CC1. The number of nitrogens with two attached hydrogens (primary N) is 1. The molecule has 0 bridgehead atoms. The number of piperazine rings is 1. The molecular formula is C27H38N10O4S. The Labute approximate surface area is 246 Å². The van der Waals surface area contributed by atoms with Crippen LogP contribution in [-0.2, 0) is 14.8 Å². The second kappa shape index (κ2) is 12.8. The van der Waals surface area contributed by atoms with E-state index in [0.717, 1.165) is 36.7 Å². The second-order valence-electron chi connectivity index (χ2n) is 10.3. The van der Waals surface area contributed by atoms with E-state index in [0.29, 0.717) is 63.9 Å². The largest absolute Gasteiger partial charge is 0.449 e. The average Bonchev–Trinajstić information content (AvgIpc) is 3.17. The smallest absolute Gasteiger partial charge is 0.409 e. The summed E-state index contributed by atoms with van der Waals surface area (Å²) in [4.78, 5) is 27.1. The number of hydrogen-bond donors (Lipinski definition) is 2. The van der Waals surface area contributed by atoms with Gasteiger partial charge in [0.05, 0.1) is 18.6 Å². The van der Waals surface area contributed by atoms with Crippen molar-refractivity contribution in [3.63, 3.8) is 0 Å². The van der Waals surface area contributed by atoms with Gasteiger partial charge in [-0.25, -0.2) is 22.5 Å². The van der Waals surface area contributed by atoms with Crippen LogP contribution >= 0.6 is 0 Å². The van der Waals surface area contributed by atoms with E-state index < -0.39 is 10.0 Å². The molecule has 3 aromatic rings. The van der Waals surface area contributed by atoms with E-state index >= 15 is 0 Å². The number of amides is 1. The predicted octanol–water partition coefficient (Wildman–Crippen LogP) is 2.13. The molecule has 0 aliphatic carbocycles. The van der Waals surface area contributed by atoms with Gasteiger partial charge in [0.1, 0.15) is 5.82 Å². The van der Waals surface area contributed by atoms with E-state index in [1.54, 1.807) is 21.8 Å². The number of benzene rings is 1. The van der Waals surface area contributed by atoms with Gasteiger partial charge in [-0.15, -0.1) is 5.10 Å². The maximum atomic E-state index is 12.1. The second-order valence-corrected chi connectivity index (χ2v) is 12.3. The Kier molecular flexibility index (Phi) is 8.97. The molecule has 0 atom stereocenters. The molecule has 14 nitrogen and oxygen atoms in total. The number of ether oxygens (including phenoxy) is 1. The summed E-state index contributed by atoms with van der Waals surface area (Å²) in [7, 11) is -3.23. The number of carbonyl (C=O) groups is 1. The van der Waals surface area contributed by atoms with Crippen LogP contribution in [-0.4, -0.2) is 109 Å². The van der Waals surface area contributed by atoms with Gasteiger partial charge in [-0.2, -0.15) is 9.67 Å². The number of sulfonamides is 1. The third-order valence-corrected chi connectivity index (χ3v) is 8.61. The summed E-state index contributed by atoms with van der Waals surface area (Å²) in [6.07, 6.45) is 4.21. The minimum Gasteiger partial charge on any atom is -0.449 e. The molecule has 3 N–H and O–H groups in total. The van der Waals surface area contributed by atoms with Crippen LogP contribution < -0.4 is 20.9 Å². The maximum Gasteiger partial charge on any atom is 0.409 e. The van der Waals surface area contributed by atoms with Gasteiger partial charge < -0.3 is 30.5 Å². The van der Waals surface area contributed by atoms with Crippen molar-refractivity contribution in [2.45, 2.75) is 19.8 Å². The number of nitrogens with zero attached hydrogens (tertiary/aromatic N) is 8. The first-order valence-corrected chi connectivity index (χ1v) is 16.0. The molecular weight excluding hydrogens is 560 g/mol. The number of pyridine rings is 1. The molecule has 2 aliphatic rings. The van der Waals surface area contributed by atoms with Crippen molar-refractivity contribution in [2.24, 2.45) is 0 Å². The molecule has 2 aliphatic heterocycles. The molecule has 226 valence electrons. The topological polar surface area (TPSA) is 155 Å². The number of aromatic nitrogens is 4. The lowest BCUT2D eigenvalue weighted by molar-refractivity contribution is 0.100. The lowest BCUT2D eigenvalue weighted by Crippen LogP contribution is -2.49. The van der Waals surface area contributed by atoms with Crippen LogP contribution in [0.15, 0.2) is 42.6 Å². The number of rotatable bonds is 8. The molecule has 2 fully saturated rings. The lowest BCUT2D eigenvalue weighted by Gasteiger charge is -2.35. The van der Waals surface area contributed by atoms with Crippen LogP contribution in [0.5, 0.6) is 0 Å². The van der Waals surface area contributed by atoms with Crippen LogP contribution in [0.2, 0.25) is 0 Å². The fourth-order valence-corrected chi connectivity index (χ4v) is 5.92. The predicted molar refractivity (Wildman–Crippen MR) is 162 cm³/mol. The molecule has 4 heterocycles. The molecule has 1 amide bonds. The normalized spacial score (nSPS) is 16.8. The van der Waals surface area contributed by atoms with Crippen LogP contribution in [0.4, 0.5) is 33.9 Å². The zero-order valence-corrected chi connectivity index (χ0v) is 24.8. The summed E-state index contributed by atoms with van der Waals surface area (Å²) < 4.78 is 32.2. The zero-order chi connectivity index (χ0) is 29.7. The monoisotopic (exact) mass is 598 g/mol. The highest BCUT2D eigenvalue weighted by molar-refractivity contribution is 7.88. The van der Waals surface area contributed by atoms with E-state index in [9.17, 15) is 13.2 Å². The third-order valence-electron chi connectivity index (χ3n) is 7.31. The number of carbonyl (C=O) groups excluding carboxylic acids is 1. The van der Waals surface area contributed by atoms with Crippen LogP contribution in [0, 0.1) is 0 Å². The zero-order valence-electron chi connectivity index (χ0n) is 24.0. The van der Waals surface area contributed by atoms with E-state index in [-0.39, 0.29) is 12.0 Å². The van der Waals surface area contributed by atoms with Crippen molar-refractivity contribution < 1.29 is 17.9 Å². The Morgan fingerprint density at radius 2 is 1.71 bits per heavy atom. The Hall–Kier alpha value is -4.11. The highest BCUT2D eigenvalue weighted by Crippen LogP contribution is 2.24. The molecule has 5 rings (SSSR count). The highest BCUT2D eigenvalue weighted by Gasteiger charge is 2.24. The van der Waals surface area contributed by atoms with Crippen LogP contribution in [0.1, 0.15) is 19.8 Å². The van der Waals surface area contributed by atoms with Gasteiger partial charge in [0, 0.05) is 76.0 Å². The molecule has 2 aromatic heterocycles. The summed E-state index contributed by atoms with van der Waals surface area (Å²) in [6, 6.07) is 11.6. The number of nitrogen functional groups attached to an aromatic ring is 1. The first-order valence-electron chi connectivity index (χ1n) is 14.1. The van der Waals surface area contributed by atoms with Gasteiger partial charge in [-0.1, -0.05) is 6.92 Å². The standard InChI is InChI=1S/C27H38N10O4S/c1-3-19-41-27(38)35-15-13-33(14-16-35)22-7-5-21(6-8-22)30-26-31-25(28)37(32-26)23-9-10-29-24(20-23)34-11-4-12-36(18-17-34)42(2,39)40/h5-10,20H,3-4,11-19H2,1-2H3,(H3,28,30,31,32). The van der Waals surface area contributed by atoms with Gasteiger partial charge >= 0.3 is 6.09 Å². The van der Waals surface area contributed by atoms with Crippen molar-refractivity contribution in [3.8, 4) is 5.69 Å². The molecule has 15 heteroatoms. The van der Waals surface area contributed by atoms with Gasteiger partial charge in [0.2, 0.25) is 21.9 Å². The van der Waals surface area contributed by atoms with Gasteiger partial charge in [0.15, 0.2) is 0 Å². The molecule has 0 unspecified atom stereocenters. The van der Waals surface area contributed by atoms with Crippen LogP contribution in [0.25, 0.3) is 5.69 Å². The van der Waals surface area contributed by atoms with Crippen molar-refractivity contribution in [1.29, 1.82) is 0 Å². The highest BCUT2D eigenvalue weighted by atomic mass is 32.2. The number of hydrogen-bond acceptors (Lipinski definition) is 11. The fraction of sp³-hybridized carbons (Fsp3) is 0.481. The summed E-state index contributed by atoms with van der Waals surface area (Å²) in [5.74, 6) is 1.30. The maximum absolute atomic E-state index is 12.1. The van der Waals surface area contributed by atoms with Crippen molar-refractivity contribution in [3.05, 3.63) is 42.6 Å².